The number of ketones is 1. The quantitative estimate of drug-likeness (QED) is 0.673. The fourth-order valence-corrected chi connectivity index (χ4v) is 2.39. The Morgan fingerprint density at radius 1 is 1.09 bits per heavy atom. The van der Waals surface area contributed by atoms with Crippen molar-refractivity contribution in [3.8, 4) is 11.4 Å². The SMILES string of the molecule is COc1ccc(-n2nncc2C(=O)c2ccc(Cl)c(Cl)c2)cc1. The van der Waals surface area contributed by atoms with Crippen molar-refractivity contribution in [2.24, 2.45) is 0 Å². The Morgan fingerprint density at radius 3 is 2.48 bits per heavy atom. The largest absolute Gasteiger partial charge is 0.497 e. The van der Waals surface area contributed by atoms with Crippen LogP contribution >= 0.6 is 23.2 Å². The molecule has 0 atom stereocenters. The summed E-state index contributed by atoms with van der Waals surface area (Å²) in [6.07, 6.45) is 1.41. The van der Waals surface area contributed by atoms with Gasteiger partial charge in [0, 0.05) is 5.56 Å². The number of halogens is 2. The highest BCUT2D eigenvalue weighted by molar-refractivity contribution is 6.42. The van der Waals surface area contributed by atoms with Crippen molar-refractivity contribution in [3.63, 3.8) is 0 Å². The molecule has 0 fully saturated rings. The van der Waals surface area contributed by atoms with Gasteiger partial charge in [0.15, 0.2) is 0 Å². The Hall–Kier alpha value is -2.37. The topological polar surface area (TPSA) is 57.0 Å². The van der Waals surface area contributed by atoms with E-state index in [1.165, 1.54) is 16.9 Å². The molecule has 0 spiro atoms. The summed E-state index contributed by atoms with van der Waals surface area (Å²) in [5.41, 5.74) is 1.44. The van der Waals surface area contributed by atoms with Crippen LogP contribution in [0.2, 0.25) is 10.0 Å². The zero-order chi connectivity index (χ0) is 16.4. The van der Waals surface area contributed by atoms with Crippen LogP contribution in [0, 0.1) is 0 Å². The molecule has 0 unspecified atom stereocenters. The molecule has 3 rings (SSSR count). The Kier molecular flexibility index (Phi) is 4.32. The molecule has 2 aromatic carbocycles. The Balaban J connectivity index is 1.99. The average Bonchev–Trinajstić information content (AvgIpc) is 3.06. The predicted molar refractivity (Wildman–Crippen MR) is 87.8 cm³/mol. The molecule has 116 valence electrons. The van der Waals surface area contributed by atoms with E-state index in [0.29, 0.717) is 32.7 Å². The van der Waals surface area contributed by atoms with Gasteiger partial charge in [-0.15, -0.1) is 5.10 Å². The van der Waals surface area contributed by atoms with Gasteiger partial charge in [-0.2, -0.15) is 0 Å². The smallest absolute Gasteiger partial charge is 0.213 e. The Bertz CT molecular complexity index is 860. The molecule has 0 amide bonds. The minimum atomic E-state index is -0.246. The van der Waals surface area contributed by atoms with Crippen LogP contribution < -0.4 is 4.74 Å². The number of benzene rings is 2. The fourth-order valence-electron chi connectivity index (χ4n) is 2.09. The van der Waals surface area contributed by atoms with Crippen molar-refractivity contribution < 1.29 is 9.53 Å². The maximum atomic E-state index is 12.7. The molecule has 0 aliphatic rings. The van der Waals surface area contributed by atoms with E-state index in [-0.39, 0.29) is 5.78 Å². The molecule has 0 saturated carbocycles. The van der Waals surface area contributed by atoms with Gasteiger partial charge in [0.25, 0.3) is 0 Å². The number of aromatic nitrogens is 3. The van der Waals surface area contributed by atoms with Gasteiger partial charge in [-0.1, -0.05) is 28.4 Å². The maximum Gasteiger partial charge on any atom is 0.213 e. The van der Waals surface area contributed by atoms with Crippen molar-refractivity contribution in [3.05, 3.63) is 70.0 Å². The number of hydrogen-bond acceptors (Lipinski definition) is 4. The first-order chi connectivity index (χ1) is 11.1. The molecule has 1 aromatic heterocycles. The first kappa shape index (κ1) is 15.5. The molecule has 0 aliphatic carbocycles. The van der Waals surface area contributed by atoms with E-state index in [1.54, 1.807) is 43.5 Å². The summed E-state index contributed by atoms with van der Waals surface area (Å²) >= 11 is 11.9. The van der Waals surface area contributed by atoms with E-state index in [1.807, 2.05) is 0 Å². The van der Waals surface area contributed by atoms with Gasteiger partial charge in [-0.3, -0.25) is 4.79 Å². The van der Waals surface area contributed by atoms with E-state index >= 15 is 0 Å². The van der Waals surface area contributed by atoms with Crippen LogP contribution in [0.1, 0.15) is 16.1 Å². The minimum Gasteiger partial charge on any atom is -0.497 e. The second kappa shape index (κ2) is 6.40. The van der Waals surface area contributed by atoms with Gasteiger partial charge in [-0.25, -0.2) is 4.68 Å². The second-order valence-corrected chi connectivity index (χ2v) is 5.50. The van der Waals surface area contributed by atoms with Gasteiger partial charge in [0.2, 0.25) is 5.78 Å². The second-order valence-electron chi connectivity index (χ2n) is 4.69. The predicted octanol–water partition coefficient (Wildman–Crippen LogP) is 3.81. The summed E-state index contributed by atoms with van der Waals surface area (Å²) in [6.45, 7) is 0. The monoisotopic (exact) mass is 347 g/mol. The van der Waals surface area contributed by atoms with E-state index in [0.717, 1.165) is 0 Å². The fraction of sp³-hybridized carbons (Fsp3) is 0.0625. The molecule has 3 aromatic rings. The molecule has 5 nitrogen and oxygen atoms in total. The molecular formula is C16H11Cl2N3O2. The van der Waals surface area contributed by atoms with Crippen LogP contribution in [0.15, 0.2) is 48.7 Å². The van der Waals surface area contributed by atoms with Crippen LogP contribution in [0.25, 0.3) is 5.69 Å². The van der Waals surface area contributed by atoms with Gasteiger partial charge in [-0.05, 0) is 42.5 Å². The normalized spacial score (nSPS) is 10.6. The van der Waals surface area contributed by atoms with Gasteiger partial charge in [0.05, 0.1) is 29.0 Å². The number of carbonyl (C=O) groups excluding carboxylic acids is 1. The maximum absolute atomic E-state index is 12.7. The molecule has 0 aliphatic heterocycles. The lowest BCUT2D eigenvalue weighted by atomic mass is 10.1. The average molecular weight is 348 g/mol. The zero-order valence-corrected chi connectivity index (χ0v) is 13.5. The standard InChI is InChI=1S/C16H11Cl2N3O2/c1-23-12-5-3-11(4-6-12)21-15(9-19-20-21)16(22)10-2-7-13(17)14(18)8-10/h2-9H,1H3. The summed E-state index contributed by atoms with van der Waals surface area (Å²) < 4.78 is 6.58. The molecule has 0 bridgehead atoms. The van der Waals surface area contributed by atoms with E-state index in [4.69, 9.17) is 27.9 Å². The van der Waals surface area contributed by atoms with Crippen LogP contribution in [0.3, 0.4) is 0 Å². The Morgan fingerprint density at radius 2 is 1.83 bits per heavy atom. The number of ether oxygens (including phenoxy) is 1. The summed E-state index contributed by atoms with van der Waals surface area (Å²) in [4.78, 5) is 12.7. The summed E-state index contributed by atoms with van der Waals surface area (Å²) in [7, 11) is 1.59. The lowest BCUT2D eigenvalue weighted by Gasteiger charge is -2.07. The molecule has 7 heteroatoms. The number of methoxy groups -OCH3 is 1. The van der Waals surface area contributed by atoms with E-state index in [9.17, 15) is 4.79 Å². The minimum absolute atomic E-state index is 0.246. The van der Waals surface area contributed by atoms with Crippen LogP contribution in [-0.2, 0) is 0 Å². The Labute approximate surface area is 142 Å². The lowest BCUT2D eigenvalue weighted by molar-refractivity contribution is 0.103. The highest BCUT2D eigenvalue weighted by Gasteiger charge is 2.17. The summed E-state index contributed by atoms with van der Waals surface area (Å²) in [6, 6.07) is 11.9. The van der Waals surface area contributed by atoms with Crippen molar-refractivity contribution in [1.29, 1.82) is 0 Å². The van der Waals surface area contributed by atoms with Crippen molar-refractivity contribution in [1.82, 2.24) is 15.0 Å². The number of rotatable bonds is 4. The first-order valence-corrected chi connectivity index (χ1v) is 7.40. The molecule has 0 N–H and O–H groups in total. The number of carbonyl (C=O) groups is 1. The third-order valence-corrected chi connectivity index (χ3v) is 4.02. The van der Waals surface area contributed by atoms with Crippen molar-refractivity contribution in [2.75, 3.05) is 7.11 Å². The van der Waals surface area contributed by atoms with Crippen LogP contribution in [0.4, 0.5) is 0 Å². The van der Waals surface area contributed by atoms with E-state index < -0.39 is 0 Å². The van der Waals surface area contributed by atoms with Crippen LogP contribution in [0.5, 0.6) is 5.75 Å². The van der Waals surface area contributed by atoms with Crippen LogP contribution in [-0.4, -0.2) is 27.9 Å². The third-order valence-electron chi connectivity index (χ3n) is 3.28. The molecule has 0 radical (unpaired) electrons. The van der Waals surface area contributed by atoms with Gasteiger partial charge in [0.1, 0.15) is 11.4 Å². The highest BCUT2D eigenvalue weighted by atomic mass is 35.5. The first-order valence-electron chi connectivity index (χ1n) is 6.65. The van der Waals surface area contributed by atoms with Gasteiger partial charge < -0.3 is 4.74 Å². The number of nitrogens with zero attached hydrogens (tertiary/aromatic N) is 3. The molecular weight excluding hydrogens is 337 g/mol. The summed E-state index contributed by atoms with van der Waals surface area (Å²) in [5, 5.41) is 8.52. The van der Waals surface area contributed by atoms with Gasteiger partial charge >= 0.3 is 0 Å². The molecule has 1 heterocycles. The third kappa shape index (κ3) is 3.06. The zero-order valence-electron chi connectivity index (χ0n) is 12.0. The lowest BCUT2D eigenvalue weighted by Crippen LogP contribution is -2.10. The number of hydrogen-bond donors (Lipinski definition) is 0. The molecule has 23 heavy (non-hydrogen) atoms. The van der Waals surface area contributed by atoms with E-state index in [2.05, 4.69) is 10.3 Å². The van der Waals surface area contributed by atoms with Crippen molar-refractivity contribution in [2.45, 2.75) is 0 Å². The highest BCUT2D eigenvalue weighted by Crippen LogP contribution is 2.24. The summed E-state index contributed by atoms with van der Waals surface area (Å²) in [5.74, 6) is 0.468. The van der Waals surface area contributed by atoms with Crippen molar-refractivity contribution >= 4 is 29.0 Å². The molecule has 0 saturated heterocycles.